The predicted molar refractivity (Wildman–Crippen MR) is 104 cm³/mol. The fraction of sp³-hybridized carbons (Fsp3) is 0.333. The van der Waals surface area contributed by atoms with Gasteiger partial charge in [-0.25, -0.2) is 9.97 Å². The van der Waals surface area contributed by atoms with Crippen molar-refractivity contribution >= 4 is 66.1 Å². The maximum atomic E-state index is 12.5. The number of nitrogens with zero attached hydrogens (tertiary/aromatic N) is 2. The third-order valence-corrected chi connectivity index (χ3v) is 6.79. The van der Waals surface area contributed by atoms with E-state index in [-0.39, 0.29) is 6.04 Å². The molecule has 3 aromatic heterocycles. The number of fused-ring (bicyclic) bond motifs is 1. The Bertz CT molecular complexity index is 825. The standard InChI is InChI=1S/C15H15BrClFN4S2/c16-13-10(5-8(19)1-2-18)24-15-9(6-11(17)22-14(13)15)21-7-12-20-3-4-23-12/h3-4,6,8H,1-2,5,7,19H2,(H,21,22)/t8-/m0/s1. The van der Waals surface area contributed by atoms with Crippen LogP contribution < -0.4 is 11.1 Å². The smallest absolute Gasteiger partial charge is 0.131 e. The van der Waals surface area contributed by atoms with Crippen LogP contribution in [0, 0.1) is 0 Å². The molecule has 9 heteroatoms. The van der Waals surface area contributed by atoms with E-state index >= 15 is 0 Å². The summed E-state index contributed by atoms with van der Waals surface area (Å²) in [5, 5.41) is 6.73. The van der Waals surface area contributed by atoms with Gasteiger partial charge >= 0.3 is 0 Å². The summed E-state index contributed by atoms with van der Waals surface area (Å²) < 4.78 is 14.4. The molecule has 128 valence electrons. The summed E-state index contributed by atoms with van der Waals surface area (Å²) in [6.07, 6.45) is 2.74. The molecular weight excluding hydrogens is 435 g/mol. The molecule has 0 aliphatic rings. The first-order valence-corrected chi connectivity index (χ1v) is 10.2. The summed E-state index contributed by atoms with van der Waals surface area (Å²) >= 11 is 13.0. The molecule has 0 aromatic carbocycles. The lowest BCUT2D eigenvalue weighted by Gasteiger charge is -2.07. The Labute approximate surface area is 160 Å². The predicted octanol–water partition coefficient (Wildman–Crippen LogP) is 5.01. The summed E-state index contributed by atoms with van der Waals surface area (Å²) in [7, 11) is 0. The van der Waals surface area contributed by atoms with Crippen LogP contribution in [0.1, 0.15) is 16.3 Å². The van der Waals surface area contributed by atoms with Crippen molar-refractivity contribution in [3.63, 3.8) is 0 Å². The molecule has 0 aliphatic carbocycles. The van der Waals surface area contributed by atoms with Crippen LogP contribution in [0.15, 0.2) is 22.1 Å². The van der Waals surface area contributed by atoms with E-state index in [1.165, 1.54) is 0 Å². The fourth-order valence-electron chi connectivity index (χ4n) is 2.31. The van der Waals surface area contributed by atoms with E-state index in [1.807, 2.05) is 11.4 Å². The Morgan fingerprint density at radius 1 is 1.46 bits per heavy atom. The van der Waals surface area contributed by atoms with Gasteiger partial charge in [-0.2, -0.15) is 0 Å². The van der Waals surface area contributed by atoms with E-state index in [9.17, 15) is 4.39 Å². The Morgan fingerprint density at radius 2 is 2.29 bits per heavy atom. The van der Waals surface area contributed by atoms with Gasteiger partial charge in [0.05, 0.1) is 33.6 Å². The molecule has 3 heterocycles. The van der Waals surface area contributed by atoms with Crippen molar-refractivity contribution in [3.05, 3.63) is 37.2 Å². The molecule has 0 radical (unpaired) electrons. The largest absolute Gasteiger partial charge is 0.377 e. The van der Waals surface area contributed by atoms with Crippen LogP contribution in [-0.2, 0) is 13.0 Å². The van der Waals surface area contributed by atoms with E-state index in [4.69, 9.17) is 17.3 Å². The van der Waals surface area contributed by atoms with Gasteiger partial charge in [0.2, 0.25) is 0 Å². The van der Waals surface area contributed by atoms with Crippen molar-refractivity contribution in [2.75, 3.05) is 12.0 Å². The third-order valence-electron chi connectivity index (χ3n) is 3.46. The van der Waals surface area contributed by atoms with Gasteiger partial charge in [-0.05, 0) is 28.8 Å². The maximum absolute atomic E-state index is 12.5. The highest BCUT2D eigenvalue weighted by atomic mass is 79.9. The van der Waals surface area contributed by atoms with Crippen molar-refractivity contribution < 1.29 is 4.39 Å². The number of aromatic nitrogens is 2. The quantitative estimate of drug-likeness (QED) is 0.498. The summed E-state index contributed by atoms with van der Waals surface area (Å²) in [6, 6.07) is 1.60. The molecule has 0 amide bonds. The van der Waals surface area contributed by atoms with E-state index in [1.54, 1.807) is 28.9 Å². The minimum atomic E-state index is -0.408. The lowest BCUT2D eigenvalue weighted by Crippen LogP contribution is -2.22. The Balaban J connectivity index is 1.91. The number of rotatable bonds is 7. The van der Waals surface area contributed by atoms with E-state index in [2.05, 4.69) is 31.2 Å². The number of hydrogen-bond donors (Lipinski definition) is 2. The average Bonchev–Trinajstić information content (AvgIpc) is 3.15. The number of thiazole rings is 1. The van der Waals surface area contributed by atoms with Gasteiger partial charge in [0.25, 0.3) is 0 Å². The number of pyridine rings is 1. The second-order valence-corrected chi connectivity index (χ2v) is 8.50. The van der Waals surface area contributed by atoms with Crippen LogP contribution in [-0.4, -0.2) is 22.7 Å². The minimum absolute atomic E-state index is 0.207. The summed E-state index contributed by atoms with van der Waals surface area (Å²) in [6.45, 7) is 0.216. The monoisotopic (exact) mass is 448 g/mol. The Morgan fingerprint density at radius 3 is 3.00 bits per heavy atom. The number of nitrogens with one attached hydrogen (secondary N) is 1. The zero-order chi connectivity index (χ0) is 17.1. The number of anilines is 1. The minimum Gasteiger partial charge on any atom is -0.377 e. The van der Waals surface area contributed by atoms with Crippen LogP contribution in [0.4, 0.5) is 10.1 Å². The number of nitrogens with two attached hydrogens (primary N) is 1. The SMILES string of the molecule is N[C@@H](CCF)Cc1sc2c(NCc3nccs3)cc(Cl)nc2c1Br. The van der Waals surface area contributed by atoms with Gasteiger partial charge < -0.3 is 11.1 Å². The fourth-order valence-corrected chi connectivity index (χ4v) is 5.10. The molecule has 4 nitrogen and oxygen atoms in total. The third kappa shape index (κ3) is 4.05. The van der Waals surface area contributed by atoms with Crippen molar-refractivity contribution in [3.8, 4) is 0 Å². The topological polar surface area (TPSA) is 63.8 Å². The molecule has 0 fully saturated rings. The summed E-state index contributed by atoms with van der Waals surface area (Å²) in [5.74, 6) is 0. The number of alkyl halides is 1. The van der Waals surface area contributed by atoms with Crippen molar-refractivity contribution in [2.45, 2.75) is 25.4 Å². The van der Waals surface area contributed by atoms with E-state index in [0.29, 0.717) is 24.5 Å². The molecule has 24 heavy (non-hydrogen) atoms. The van der Waals surface area contributed by atoms with Gasteiger partial charge in [-0.15, -0.1) is 22.7 Å². The molecule has 3 aromatic rings. The average molecular weight is 450 g/mol. The van der Waals surface area contributed by atoms with Crippen LogP contribution in [0.3, 0.4) is 0 Å². The highest BCUT2D eigenvalue weighted by Crippen LogP contribution is 2.40. The number of hydrogen-bond acceptors (Lipinski definition) is 6. The molecular formula is C15H15BrClFN4S2. The lowest BCUT2D eigenvalue weighted by molar-refractivity contribution is 0.436. The first kappa shape index (κ1) is 18.0. The normalized spacial score (nSPS) is 12.7. The lowest BCUT2D eigenvalue weighted by atomic mass is 10.1. The molecule has 3 rings (SSSR count). The van der Waals surface area contributed by atoms with Crippen LogP contribution >= 0.6 is 50.2 Å². The van der Waals surface area contributed by atoms with Crippen molar-refractivity contribution in [2.24, 2.45) is 5.73 Å². The molecule has 3 N–H and O–H groups in total. The molecule has 0 saturated heterocycles. The van der Waals surface area contributed by atoms with Crippen LogP contribution in [0.25, 0.3) is 10.2 Å². The highest BCUT2D eigenvalue weighted by molar-refractivity contribution is 9.10. The second-order valence-electron chi connectivity index (χ2n) is 5.23. The number of halogens is 3. The highest BCUT2D eigenvalue weighted by Gasteiger charge is 2.17. The summed E-state index contributed by atoms with van der Waals surface area (Å²) in [5.41, 5.74) is 7.69. The van der Waals surface area contributed by atoms with Gasteiger partial charge in [0.15, 0.2) is 0 Å². The molecule has 0 spiro atoms. The maximum Gasteiger partial charge on any atom is 0.131 e. The molecule has 1 atom stereocenters. The number of thiophene rings is 1. The van der Waals surface area contributed by atoms with Gasteiger partial charge in [-0.3, -0.25) is 4.39 Å². The van der Waals surface area contributed by atoms with E-state index in [0.717, 1.165) is 30.3 Å². The Hall–Kier alpha value is -0.800. The van der Waals surface area contributed by atoms with Crippen molar-refractivity contribution in [1.82, 2.24) is 9.97 Å². The van der Waals surface area contributed by atoms with Gasteiger partial charge in [0.1, 0.15) is 10.2 Å². The molecule has 0 aliphatic heterocycles. The molecule has 0 unspecified atom stereocenters. The first-order chi connectivity index (χ1) is 11.6. The van der Waals surface area contributed by atoms with E-state index < -0.39 is 6.67 Å². The van der Waals surface area contributed by atoms with Crippen LogP contribution in [0.2, 0.25) is 5.15 Å². The second kappa shape index (κ2) is 8.05. The first-order valence-electron chi connectivity index (χ1n) is 7.29. The van der Waals surface area contributed by atoms with Crippen molar-refractivity contribution in [1.29, 1.82) is 0 Å². The molecule has 0 saturated carbocycles. The Kier molecular flexibility index (Phi) is 6.04. The summed E-state index contributed by atoms with van der Waals surface area (Å²) in [4.78, 5) is 9.74. The van der Waals surface area contributed by atoms with Gasteiger partial charge in [-0.1, -0.05) is 11.6 Å². The zero-order valence-electron chi connectivity index (χ0n) is 12.6. The van der Waals surface area contributed by atoms with Crippen LogP contribution in [0.5, 0.6) is 0 Å². The molecule has 0 bridgehead atoms. The van der Waals surface area contributed by atoms with Gasteiger partial charge in [0, 0.05) is 28.6 Å². The zero-order valence-corrected chi connectivity index (χ0v) is 16.5.